The lowest BCUT2D eigenvalue weighted by Crippen LogP contribution is -2.44. The van der Waals surface area contributed by atoms with Crippen molar-refractivity contribution in [3.05, 3.63) is 59.7 Å². The molecule has 2 aromatic carbocycles. The minimum absolute atomic E-state index is 0.0691. The number of rotatable bonds is 8. The van der Waals surface area contributed by atoms with E-state index in [9.17, 15) is 14.4 Å². The van der Waals surface area contributed by atoms with E-state index in [4.69, 9.17) is 14.2 Å². The monoisotopic (exact) mass is 454 g/mol. The van der Waals surface area contributed by atoms with Gasteiger partial charge in [-0.2, -0.15) is 0 Å². The maximum absolute atomic E-state index is 13.0. The van der Waals surface area contributed by atoms with E-state index in [1.54, 1.807) is 55.5 Å². The van der Waals surface area contributed by atoms with E-state index in [-0.39, 0.29) is 31.6 Å². The normalized spacial score (nSPS) is 16.5. The third-order valence-corrected chi connectivity index (χ3v) is 5.51. The lowest BCUT2D eigenvalue weighted by molar-refractivity contribution is -0.137. The Hall–Kier alpha value is -3.39. The molecule has 0 bridgehead atoms. The molecule has 8 nitrogen and oxygen atoms in total. The summed E-state index contributed by atoms with van der Waals surface area (Å²) in [7, 11) is 3.15. The molecule has 2 amide bonds. The third kappa shape index (κ3) is 6.10. The molecule has 33 heavy (non-hydrogen) atoms. The zero-order valence-corrected chi connectivity index (χ0v) is 19.4. The number of Topliss-reactive ketones (excluding diaryl/α,β-unsaturated/α-hetero) is 1. The Labute approximate surface area is 194 Å². The highest BCUT2D eigenvalue weighted by atomic mass is 16.5. The van der Waals surface area contributed by atoms with Gasteiger partial charge in [0.05, 0.1) is 26.9 Å². The smallest absolute Gasteiger partial charge is 0.295 e. The van der Waals surface area contributed by atoms with Crippen molar-refractivity contribution >= 4 is 17.6 Å². The second-order valence-corrected chi connectivity index (χ2v) is 8.17. The molecule has 3 rings (SSSR count). The number of methoxy groups -OCH3 is 2. The van der Waals surface area contributed by atoms with Crippen molar-refractivity contribution in [2.24, 2.45) is 0 Å². The van der Waals surface area contributed by atoms with Crippen LogP contribution in [0.4, 0.5) is 0 Å². The average molecular weight is 455 g/mol. The Bertz CT molecular complexity index is 969. The van der Waals surface area contributed by atoms with Crippen LogP contribution in [0.2, 0.25) is 0 Å². The van der Waals surface area contributed by atoms with Crippen LogP contribution in [0, 0.1) is 0 Å². The standard InChI is InChI=1S/C25H30N2O6/c1-17(2)27-14-22(33-16-18-10-20(31-3)12-21(11-18)32-4)13-26(15-23(27)28)25(30)24(29)19-8-6-5-7-9-19/h5-12,17,22H,13-16H2,1-4H3/t22-/m0/s1. The molecule has 0 radical (unpaired) electrons. The topological polar surface area (TPSA) is 85.4 Å². The van der Waals surface area contributed by atoms with Gasteiger partial charge in [-0.05, 0) is 31.5 Å². The average Bonchev–Trinajstić information content (AvgIpc) is 3.00. The molecule has 1 atom stereocenters. The molecule has 0 spiro atoms. The van der Waals surface area contributed by atoms with Gasteiger partial charge in [0, 0.05) is 30.8 Å². The van der Waals surface area contributed by atoms with Crippen molar-refractivity contribution in [2.45, 2.75) is 32.6 Å². The molecule has 0 saturated carbocycles. The molecule has 1 aliphatic heterocycles. The first-order valence-electron chi connectivity index (χ1n) is 10.8. The first kappa shape index (κ1) is 24.3. The maximum Gasteiger partial charge on any atom is 0.295 e. The zero-order valence-electron chi connectivity index (χ0n) is 19.4. The number of benzene rings is 2. The Morgan fingerprint density at radius 2 is 1.64 bits per heavy atom. The van der Waals surface area contributed by atoms with Gasteiger partial charge in [-0.25, -0.2) is 0 Å². The van der Waals surface area contributed by atoms with Crippen molar-refractivity contribution < 1.29 is 28.6 Å². The maximum atomic E-state index is 13.0. The highest BCUT2D eigenvalue weighted by Gasteiger charge is 2.34. The van der Waals surface area contributed by atoms with Crippen molar-refractivity contribution in [3.8, 4) is 11.5 Å². The Morgan fingerprint density at radius 3 is 2.21 bits per heavy atom. The number of carbonyl (C=O) groups is 3. The second kappa shape index (κ2) is 11.0. The summed E-state index contributed by atoms with van der Waals surface area (Å²) >= 11 is 0. The number of carbonyl (C=O) groups excluding carboxylic acids is 3. The fraction of sp³-hybridized carbons (Fsp3) is 0.400. The van der Waals surface area contributed by atoms with Crippen LogP contribution in [0.1, 0.15) is 29.8 Å². The molecule has 1 aliphatic rings. The predicted octanol–water partition coefficient (Wildman–Crippen LogP) is 2.55. The second-order valence-electron chi connectivity index (χ2n) is 8.17. The van der Waals surface area contributed by atoms with Crippen LogP contribution in [0.15, 0.2) is 48.5 Å². The fourth-order valence-corrected chi connectivity index (χ4v) is 3.72. The molecule has 8 heteroatoms. The molecule has 1 heterocycles. The minimum Gasteiger partial charge on any atom is -0.497 e. The summed E-state index contributed by atoms with van der Waals surface area (Å²) in [5.41, 5.74) is 1.12. The molecule has 0 unspecified atom stereocenters. The SMILES string of the molecule is COc1cc(CO[C@H]2CN(C(=O)C(=O)c3ccccc3)CC(=O)N(C(C)C)C2)cc(OC)c1. The molecule has 2 aromatic rings. The molecule has 0 aromatic heterocycles. The van der Waals surface area contributed by atoms with Crippen LogP contribution in [0.3, 0.4) is 0 Å². The van der Waals surface area contributed by atoms with Gasteiger partial charge in [-0.1, -0.05) is 30.3 Å². The van der Waals surface area contributed by atoms with Gasteiger partial charge in [0.1, 0.15) is 18.0 Å². The van der Waals surface area contributed by atoms with Gasteiger partial charge in [0.25, 0.3) is 5.91 Å². The van der Waals surface area contributed by atoms with Gasteiger partial charge in [-0.15, -0.1) is 0 Å². The summed E-state index contributed by atoms with van der Waals surface area (Å²) < 4.78 is 16.8. The number of hydrogen-bond acceptors (Lipinski definition) is 6. The van der Waals surface area contributed by atoms with Gasteiger partial charge >= 0.3 is 0 Å². The van der Waals surface area contributed by atoms with Gasteiger partial charge < -0.3 is 24.0 Å². The number of hydrogen-bond donors (Lipinski definition) is 0. The third-order valence-electron chi connectivity index (χ3n) is 5.51. The van der Waals surface area contributed by atoms with Crippen LogP contribution < -0.4 is 9.47 Å². The summed E-state index contributed by atoms with van der Waals surface area (Å²) in [6.07, 6.45) is -0.469. The van der Waals surface area contributed by atoms with E-state index < -0.39 is 17.8 Å². The van der Waals surface area contributed by atoms with Gasteiger partial charge in [0.15, 0.2) is 0 Å². The Morgan fingerprint density at radius 1 is 1.00 bits per heavy atom. The number of amides is 2. The van der Waals surface area contributed by atoms with Crippen LogP contribution in [-0.2, 0) is 20.9 Å². The summed E-state index contributed by atoms with van der Waals surface area (Å²) in [6, 6.07) is 13.7. The van der Waals surface area contributed by atoms with E-state index >= 15 is 0 Å². The van der Waals surface area contributed by atoms with E-state index in [0.29, 0.717) is 23.6 Å². The zero-order chi connectivity index (χ0) is 24.0. The highest BCUT2D eigenvalue weighted by molar-refractivity contribution is 6.42. The van der Waals surface area contributed by atoms with E-state index in [1.165, 1.54) is 4.90 Å². The molecular weight excluding hydrogens is 424 g/mol. The minimum atomic E-state index is -0.711. The lowest BCUT2D eigenvalue weighted by Gasteiger charge is -2.27. The first-order valence-corrected chi connectivity index (χ1v) is 10.8. The number of ether oxygens (including phenoxy) is 3. The molecule has 1 fully saturated rings. The van der Waals surface area contributed by atoms with Crippen molar-refractivity contribution in [2.75, 3.05) is 33.9 Å². The summed E-state index contributed by atoms with van der Waals surface area (Å²) in [5, 5.41) is 0. The Balaban J connectivity index is 1.79. The van der Waals surface area contributed by atoms with Gasteiger partial charge in [-0.3, -0.25) is 14.4 Å². The summed E-state index contributed by atoms with van der Waals surface area (Å²) in [6.45, 7) is 4.34. The van der Waals surface area contributed by atoms with Gasteiger partial charge in [0.2, 0.25) is 11.7 Å². The lowest BCUT2D eigenvalue weighted by atomic mass is 10.1. The van der Waals surface area contributed by atoms with Crippen LogP contribution in [0.25, 0.3) is 0 Å². The molecule has 176 valence electrons. The molecule has 0 N–H and O–H groups in total. The summed E-state index contributed by atoms with van der Waals surface area (Å²) in [5.74, 6) is -0.293. The largest absolute Gasteiger partial charge is 0.497 e. The molecule has 0 aliphatic carbocycles. The molecular formula is C25H30N2O6. The quantitative estimate of drug-likeness (QED) is 0.450. The van der Waals surface area contributed by atoms with Crippen LogP contribution in [-0.4, -0.2) is 73.4 Å². The predicted molar refractivity (Wildman–Crippen MR) is 122 cm³/mol. The number of nitrogens with zero attached hydrogens (tertiary/aromatic N) is 2. The van der Waals surface area contributed by atoms with E-state index in [0.717, 1.165) is 5.56 Å². The van der Waals surface area contributed by atoms with E-state index in [1.807, 2.05) is 26.0 Å². The number of ketones is 1. The Kier molecular flexibility index (Phi) is 8.06. The van der Waals surface area contributed by atoms with Crippen molar-refractivity contribution in [1.29, 1.82) is 0 Å². The first-order chi connectivity index (χ1) is 15.8. The van der Waals surface area contributed by atoms with Crippen LogP contribution >= 0.6 is 0 Å². The highest BCUT2D eigenvalue weighted by Crippen LogP contribution is 2.24. The van der Waals surface area contributed by atoms with Crippen molar-refractivity contribution in [3.63, 3.8) is 0 Å². The fourth-order valence-electron chi connectivity index (χ4n) is 3.72. The summed E-state index contributed by atoms with van der Waals surface area (Å²) in [4.78, 5) is 41.5. The van der Waals surface area contributed by atoms with Crippen molar-refractivity contribution in [1.82, 2.24) is 9.80 Å². The van der Waals surface area contributed by atoms with E-state index in [2.05, 4.69) is 0 Å². The molecule has 1 saturated heterocycles. The van der Waals surface area contributed by atoms with Crippen LogP contribution in [0.5, 0.6) is 11.5 Å².